The molecule has 20 heavy (non-hydrogen) atoms. The molecule has 1 heterocycles. The van der Waals surface area contributed by atoms with E-state index in [1.54, 1.807) is 24.1 Å². The largest absolute Gasteiger partial charge is 0.326 e. The molecule has 0 saturated carbocycles. The number of hydrogen-bond acceptors (Lipinski definition) is 3. The lowest BCUT2D eigenvalue weighted by Gasteiger charge is -2.29. The van der Waals surface area contributed by atoms with Crippen molar-refractivity contribution in [3.8, 4) is 0 Å². The van der Waals surface area contributed by atoms with Gasteiger partial charge in [0.2, 0.25) is 0 Å². The van der Waals surface area contributed by atoms with Crippen LogP contribution in [0, 0.1) is 5.82 Å². The summed E-state index contributed by atoms with van der Waals surface area (Å²) >= 11 is 0. The van der Waals surface area contributed by atoms with Gasteiger partial charge < -0.3 is 15.5 Å². The third-order valence-corrected chi connectivity index (χ3v) is 3.38. The summed E-state index contributed by atoms with van der Waals surface area (Å²) in [6.07, 6.45) is 0. The minimum Gasteiger partial charge on any atom is -0.326 e. The Balaban J connectivity index is 1.76. The number of carbonyl (C=O) groups is 1. The molecule has 1 aliphatic heterocycles. The average molecular weight is 280 g/mol. The summed E-state index contributed by atoms with van der Waals surface area (Å²) in [5.74, 6) is -0.355. The van der Waals surface area contributed by atoms with Gasteiger partial charge in [0.15, 0.2) is 0 Å². The lowest BCUT2D eigenvalue weighted by molar-refractivity contribution is 0.197. The molecular formula is C14H21FN4O. The van der Waals surface area contributed by atoms with Crippen molar-refractivity contribution in [3.63, 3.8) is 0 Å². The summed E-state index contributed by atoms with van der Waals surface area (Å²) in [4.78, 5) is 15.9. The zero-order valence-electron chi connectivity index (χ0n) is 11.7. The van der Waals surface area contributed by atoms with Crippen molar-refractivity contribution in [2.24, 2.45) is 0 Å². The van der Waals surface area contributed by atoms with Crippen molar-refractivity contribution < 1.29 is 9.18 Å². The number of nitrogens with one attached hydrogen (secondary N) is 2. The van der Waals surface area contributed by atoms with Gasteiger partial charge >= 0.3 is 6.03 Å². The Morgan fingerprint density at radius 3 is 2.90 bits per heavy atom. The fourth-order valence-corrected chi connectivity index (χ4v) is 2.11. The van der Waals surface area contributed by atoms with Crippen LogP contribution in [0.3, 0.4) is 0 Å². The normalized spacial score (nSPS) is 15.9. The number of halogens is 1. The number of piperazine rings is 1. The molecule has 5 nitrogen and oxygen atoms in total. The van der Waals surface area contributed by atoms with Crippen LogP contribution in [0.15, 0.2) is 24.3 Å². The first-order valence-corrected chi connectivity index (χ1v) is 6.86. The summed E-state index contributed by atoms with van der Waals surface area (Å²) in [6, 6.07) is 5.69. The predicted molar refractivity (Wildman–Crippen MR) is 77.4 cm³/mol. The molecule has 1 saturated heterocycles. The average Bonchev–Trinajstić information content (AvgIpc) is 2.46. The molecule has 0 atom stereocenters. The van der Waals surface area contributed by atoms with Gasteiger partial charge in [-0.25, -0.2) is 9.18 Å². The van der Waals surface area contributed by atoms with Crippen LogP contribution in [0.4, 0.5) is 14.9 Å². The van der Waals surface area contributed by atoms with Crippen LogP contribution in [-0.2, 0) is 0 Å². The number of urea groups is 1. The van der Waals surface area contributed by atoms with E-state index in [0.29, 0.717) is 12.2 Å². The van der Waals surface area contributed by atoms with E-state index in [4.69, 9.17) is 0 Å². The van der Waals surface area contributed by atoms with Gasteiger partial charge in [0.25, 0.3) is 0 Å². The molecule has 0 aromatic heterocycles. The van der Waals surface area contributed by atoms with E-state index in [1.807, 2.05) is 0 Å². The van der Waals surface area contributed by atoms with Crippen LogP contribution in [0.5, 0.6) is 0 Å². The maximum Gasteiger partial charge on any atom is 0.321 e. The molecule has 1 aromatic carbocycles. The van der Waals surface area contributed by atoms with Crippen molar-refractivity contribution in [3.05, 3.63) is 30.1 Å². The van der Waals surface area contributed by atoms with E-state index in [-0.39, 0.29) is 11.8 Å². The molecular weight excluding hydrogens is 259 g/mol. The lowest BCUT2D eigenvalue weighted by Crippen LogP contribution is -2.46. The van der Waals surface area contributed by atoms with E-state index < -0.39 is 0 Å². The number of anilines is 1. The minimum absolute atomic E-state index is 0.217. The molecule has 0 spiro atoms. The maximum absolute atomic E-state index is 13.0. The highest BCUT2D eigenvalue weighted by atomic mass is 19.1. The van der Waals surface area contributed by atoms with Gasteiger partial charge in [0, 0.05) is 52.0 Å². The molecule has 1 aliphatic rings. The molecule has 0 unspecified atom stereocenters. The molecule has 1 aromatic rings. The van der Waals surface area contributed by atoms with Crippen LogP contribution in [-0.4, -0.2) is 62.1 Å². The molecule has 0 bridgehead atoms. The predicted octanol–water partition coefficient (Wildman–Crippen LogP) is 1.19. The monoisotopic (exact) mass is 280 g/mol. The molecule has 2 N–H and O–H groups in total. The second-order valence-electron chi connectivity index (χ2n) is 4.95. The molecule has 2 amide bonds. The number of amides is 2. The number of likely N-dealkylation sites (N-methyl/N-ethyl adjacent to an activating group) is 1. The van der Waals surface area contributed by atoms with Gasteiger partial charge in [-0.1, -0.05) is 6.07 Å². The van der Waals surface area contributed by atoms with Crippen molar-refractivity contribution in [2.75, 3.05) is 51.6 Å². The highest BCUT2D eigenvalue weighted by Gasteiger charge is 2.13. The SMILES string of the molecule is CN(CCN1CCNCC1)C(=O)Nc1cccc(F)c1. The van der Waals surface area contributed by atoms with Crippen LogP contribution in [0.2, 0.25) is 0 Å². The van der Waals surface area contributed by atoms with Crippen molar-refractivity contribution in [1.82, 2.24) is 15.1 Å². The Hall–Kier alpha value is -1.66. The second kappa shape index (κ2) is 7.21. The summed E-state index contributed by atoms with van der Waals surface area (Å²) in [6.45, 7) is 5.53. The number of carbonyl (C=O) groups excluding carboxylic acids is 1. The highest BCUT2D eigenvalue weighted by molar-refractivity contribution is 5.89. The van der Waals surface area contributed by atoms with Gasteiger partial charge in [-0.15, -0.1) is 0 Å². The standard InChI is InChI=1S/C14H21FN4O/c1-18(9-10-19-7-5-16-6-8-19)14(20)17-13-4-2-3-12(15)11-13/h2-4,11,16H,5-10H2,1H3,(H,17,20). The number of rotatable bonds is 4. The Morgan fingerprint density at radius 1 is 1.45 bits per heavy atom. The van der Waals surface area contributed by atoms with Crippen molar-refractivity contribution in [1.29, 1.82) is 0 Å². The smallest absolute Gasteiger partial charge is 0.321 e. The summed E-state index contributed by atoms with van der Waals surface area (Å²) in [5.41, 5.74) is 0.476. The maximum atomic E-state index is 13.0. The van der Waals surface area contributed by atoms with E-state index in [2.05, 4.69) is 15.5 Å². The Bertz CT molecular complexity index is 449. The fraction of sp³-hybridized carbons (Fsp3) is 0.500. The number of hydrogen-bond donors (Lipinski definition) is 2. The van der Waals surface area contributed by atoms with Gasteiger partial charge in [0.05, 0.1) is 0 Å². The fourth-order valence-electron chi connectivity index (χ4n) is 2.11. The first-order chi connectivity index (χ1) is 9.65. The molecule has 6 heteroatoms. The zero-order chi connectivity index (χ0) is 14.4. The number of nitrogens with zero attached hydrogens (tertiary/aromatic N) is 2. The Morgan fingerprint density at radius 2 is 2.20 bits per heavy atom. The van der Waals surface area contributed by atoms with Crippen LogP contribution < -0.4 is 10.6 Å². The quantitative estimate of drug-likeness (QED) is 0.871. The van der Waals surface area contributed by atoms with E-state index in [9.17, 15) is 9.18 Å². The molecule has 1 fully saturated rings. The van der Waals surface area contributed by atoms with Crippen molar-refractivity contribution in [2.45, 2.75) is 0 Å². The first-order valence-electron chi connectivity index (χ1n) is 6.86. The summed E-state index contributed by atoms with van der Waals surface area (Å²) in [7, 11) is 1.75. The summed E-state index contributed by atoms with van der Waals surface area (Å²) < 4.78 is 13.0. The first kappa shape index (κ1) is 14.7. The number of benzene rings is 1. The highest BCUT2D eigenvalue weighted by Crippen LogP contribution is 2.09. The van der Waals surface area contributed by atoms with Gasteiger partial charge in [-0.2, -0.15) is 0 Å². The topological polar surface area (TPSA) is 47.6 Å². The van der Waals surface area contributed by atoms with Crippen LogP contribution in [0.25, 0.3) is 0 Å². The summed E-state index contributed by atoms with van der Waals surface area (Å²) in [5, 5.41) is 5.98. The molecule has 110 valence electrons. The Labute approximate surface area is 118 Å². The lowest BCUT2D eigenvalue weighted by atomic mass is 10.3. The molecule has 0 aliphatic carbocycles. The van der Waals surface area contributed by atoms with Crippen molar-refractivity contribution >= 4 is 11.7 Å². The molecule has 2 rings (SSSR count). The van der Waals surface area contributed by atoms with E-state index in [0.717, 1.165) is 32.7 Å². The second-order valence-corrected chi connectivity index (χ2v) is 4.95. The van der Waals surface area contributed by atoms with Gasteiger partial charge in [-0.05, 0) is 18.2 Å². The third-order valence-electron chi connectivity index (χ3n) is 3.38. The van der Waals surface area contributed by atoms with Gasteiger partial charge in [-0.3, -0.25) is 4.90 Å². The van der Waals surface area contributed by atoms with Crippen LogP contribution in [0.1, 0.15) is 0 Å². The van der Waals surface area contributed by atoms with Gasteiger partial charge in [0.1, 0.15) is 5.82 Å². The Kier molecular flexibility index (Phi) is 5.31. The van der Waals surface area contributed by atoms with E-state index in [1.165, 1.54) is 12.1 Å². The minimum atomic E-state index is -0.355. The zero-order valence-corrected chi connectivity index (χ0v) is 11.7. The van der Waals surface area contributed by atoms with E-state index >= 15 is 0 Å². The third kappa shape index (κ3) is 4.47. The van der Waals surface area contributed by atoms with Crippen LogP contribution >= 0.6 is 0 Å². The molecule has 0 radical (unpaired) electrons.